The highest BCUT2D eigenvalue weighted by Gasteiger charge is 2.32. The third-order valence-corrected chi connectivity index (χ3v) is 3.17. The van der Waals surface area contributed by atoms with Gasteiger partial charge >= 0.3 is 0 Å². The predicted molar refractivity (Wildman–Crippen MR) is 75.1 cm³/mol. The van der Waals surface area contributed by atoms with E-state index in [1.54, 1.807) is 0 Å². The van der Waals surface area contributed by atoms with Crippen molar-refractivity contribution in [1.29, 1.82) is 0 Å². The van der Waals surface area contributed by atoms with E-state index in [-0.39, 0.29) is 0 Å². The van der Waals surface area contributed by atoms with Crippen molar-refractivity contribution < 1.29 is 4.79 Å². The van der Waals surface area contributed by atoms with Crippen LogP contribution in [0.2, 0.25) is 0 Å². The minimum atomic E-state index is 0.321. The Morgan fingerprint density at radius 1 is 1.33 bits per heavy atom. The zero-order chi connectivity index (χ0) is 12.8. The summed E-state index contributed by atoms with van der Waals surface area (Å²) in [6.07, 6.45) is 7.37. The summed E-state index contributed by atoms with van der Waals surface area (Å²) in [6.45, 7) is 3.72. The summed E-state index contributed by atoms with van der Waals surface area (Å²) < 4.78 is 0. The van der Waals surface area contributed by atoms with Crippen LogP contribution in [0, 0.1) is 5.92 Å². The lowest BCUT2D eigenvalue weighted by Crippen LogP contribution is -2.33. The first-order valence-electron chi connectivity index (χ1n) is 6.81. The van der Waals surface area contributed by atoms with E-state index in [0.717, 1.165) is 32.4 Å². The molecule has 0 aromatic heterocycles. The molecule has 1 fully saturated rings. The molecule has 0 atom stereocenters. The Bertz CT molecular complexity index is 406. The highest BCUT2D eigenvalue weighted by molar-refractivity contribution is 5.81. The smallest absolute Gasteiger partial charge is 0.225 e. The maximum Gasteiger partial charge on any atom is 0.225 e. The first-order valence-corrected chi connectivity index (χ1v) is 6.81. The van der Waals surface area contributed by atoms with Crippen LogP contribution < -0.4 is 0 Å². The Morgan fingerprint density at radius 3 is 2.67 bits per heavy atom. The summed E-state index contributed by atoms with van der Waals surface area (Å²) in [4.78, 5) is 14.0. The van der Waals surface area contributed by atoms with Crippen molar-refractivity contribution in [3.8, 4) is 0 Å². The second-order valence-electron chi connectivity index (χ2n) is 4.87. The number of carbonyl (C=O) groups excluding carboxylic acids is 1. The molecule has 0 spiro atoms. The fourth-order valence-electron chi connectivity index (χ4n) is 2.03. The van der Waals surface area contributed by atoms with Gasteiger partial charge in [-0.05, 0) is 24.8 Å². The molecule has 1 saturated carbocycles. The van der Waals surface area contributed by atoms with E-state index < -0.39 is 0 Å². The molecule has 96 valence electrons. The van der Waals surface area contributed by atoms with E-state index in [9.17, 15) is 4.79 Å². The third-order valence-electron chi connectivity index (χ3n) is 3.17. The van der Waals surface area contributed by atoms with Gasteiger partial charge in [-0.15, -0.1) is 0 Å². The summed E-state index contributed by atoms with van der Waals surface area (Å²) in [5, 5.41) is 0. The van der Waals surface area contributed by atoms with E-state index in [1.165, 1.54) is 5.56 Å². The van der Waals surface area contributed by atoms with Crippen LogP contribution in [0.3, 0.4) is 0 Å². The Kier molecular flexibility index (Phi) is 4.57. The van der Waals surface area contributed by atoms with Gasteiger partial charge in [0, 0.05) is 19.0 Å². The van der Waals surface area contributed by atoms with Crippen molar-refractivity contribution in [2.24, 2.45) is 5.92 Å². The minimum absolute atomic E-state index is 0.321. The second-order valence-corrected chi connectivity index (χ2v) is 4.87. The van der Waals surface area contributed by atoms with Gasteiger partial charge in [-0.3, -0.25) is 4.79 Å². The summed E-state index contributed by atoms with van der Waals surface area (Å²) in [5.41, 5.74) is 1.19. The molecule has 0 heterocycles. The molecule has 1 aromatic carbocycles. The van der Waals surface area contributed by atoms with Crippen molar-refractivity contribution >= 4 is 12.0 Å². The van der Waals surface area contributed by atoms with E-state index in [4.69, 9.17) is 0 Å². The van der Waals surface area contributed by atoms with Crippen molar-refractivity contribution in [2.75, 3.05) is 13.1 Å². The van der Waals surface area contributed by atoms with Crippen LogP contribution in [0.4, 0.5) is 0 Å². The van der Waals surface area contributed by atoms with Crippen LogP contribution in [-0.2, 0) is 4.79 Å². The summed E-state index contributed by atoms with van der Waals surface area (Å²) in [7, 11) is 0. The number of hydrogen-bond acceptors (Lipinski definition) is 1. The highest BCUT2D eigenvalue weighted by atomic mass is 16.2. The molecule has 2 rings (SSSR count). The number of amides is 1. The molecule has 18 heavy (non-hydrogen) atoms. The molecule has 0 N–H and O–H groups in total. The molecule has 0 radical (unpaired) electrons. The Hall–Kier alpha value is -1.57. The molecule has 1 aliphatic carbocycles. The van der Waals surface area contributed by atoms with Crippen molar-refractivity contribution in [1.82, 2.24) is 4.90 Å². The maximum absolute atomic E-state index is 12.0. The van der Waals surface area contributed by atoms with E-state index >= 15 is 0 Å². The Labute approximate surface area is 109 Å². The summed E-state index contributed by atoms with van der Waals surface area (Å²) >= 11 is 0. The molecular formula is C16H21NO. The summed E-state index contributed by atoms with van der Waals surface area (Å²) in [5.74, 6) is 0.663. The first kappa shape index (κ1) is 12.9. The SMILES string of the molecule is CCCN(C/C=C/c1ccccc1)C(=O)C1CC1. The predicted octanol–water partition coefficient (Wildman–Crippen LogP) is 3.35. The Morgan fingerprint density at radius 2 is 2.06 bits per heavy atom. The van der Waals surface area contributed by atoms with Crippen LogP contribution in [0.15, 0.2) is 36.4 Å². The first-order chi connectivity index (χ1) is 8.81. The number of rotatable bonds is 6. The monoisotopic (exact) mass is 243 g/mol. The number of hydrogen-bond donors (Lipinski definition) is 0. The van der Waals surface area contributed by atoms with Crippen LogP contribution in [0.5, 0.6) is 0 Å². The van der Waals surface area contributed by atoms with Crippen LogP contribution in [-0.4, -0.2) is 23.9 Å². The van der Waals surface area contributed by atoms with Gasteiger partial charge in [0.25, 0.3) is 0 Å². The van der Waals surface area contributed by atoms with E-state index in [0.29, 0.717) is 11.8 Å². The van der Waals surface area contributed by atoms with Crippen LogP contribution in [0.25, 0.3) is 6.08 Å². The Balaban J connectivity index is 1.88. The molecule has 0 unspecified atom stereocenters. The average Bonchev–Trinajstić information content (AvgIpc) is 3.22. The molecule has 2 nitrogen and oxygen atoms in total. The van der Waals surface area contributed by atoms with Gasteiger partial charge in [0.2, 0.25) is 5.91 Å². The van der Waals surface area contributed by atoms with Gasteiger partial charge in [0.15, 0.2) is 0 Å². The molecular weight excluding hydrogens is 222 g/mol. The van der Waals surface area contributed by atoms with Gasteiger partial charge in [-0.1, -0.05) is 49.4 Å². The lowest BCUT2D eigenvalue weighted by Gasteiger charge is -2.20. The van der Waals surface area contributed by atoms with E-state index in [1.807, 2.05) is 23.1 Å². The molecule has 0 aliphatic heterocycles. The third kappa shape index (κ3) is 3.73. The molecule has 1 aliphatic rings. The van der Waals surface area contributed by atoms with Gasteiger partial charge in [0.1, 0.15) is 0 Å². The molecule has 1 amide bonds. The van der Waals surface area contributed by atoms with Crippen molar-refractivity contribution in [3.05, 3.63) is 42.0 Å². The lowest BCUT2D eigenvalue weighted by atomic mass is 10.2. The average molecular weight is 243 g/mol. The lowest BCUT2D eigenvalue weighted by molar-refractivity contribution is -0.132. The molecule has 2 heteroatoms. The molecule has 1 aromatic rings. The topological polar surface area (TPSA) is 20.3 Å². The van der Waals surface area contributed by atoms with Crippen molar-refractivity contribution in [2.45, 2.75) is 26.2 Å². The standard InChI is InChI=1S/C16H21NO/c1-2-12-17(16(18)15-10-11-15)13-6-9-14-7-4-3-5-8-14/h3-9,15H,2,10-13H2,1H3/b9-6+. The van der Waals surface area contributed by atoms with Gasteiger partial charge < -0.3 is 4.90 Å². The van der Waals surface area contributed by atoms with Gasteiger partial charge in [-0.2, -0.15) is 0 Å². The zero-order valence-corrected chi connectivity index (χ0v) is 11.0. The largest absolute Gasteiger partial charge is 0.339 e. The second kappa shape index (κ2) is 6.39. The zero-order valence-electron chi connectivity index (χ0n) is 11.0. The maximum atomic E-state index is 12.0. The van der Waals surface area contributed by atoms with Gasteiger partial charge in [-0.25, -0.2) is 0 Å². The fraction of sp³-hybridized carbons (Fsp3) is 0.438. The fourth-order valence-corrected chi connectivity index (χ4v) is 2.03. The molecule has 0 bridgehead atoms. The van der Waals surface area contributed by atoms with Crippen LogP contribution in [0.1, 0.15) is 31.7 Å². The number of nitrogens with zero attached hydrogens (tertiary/aromatic N) is 1. The number of carbonyl (C=O) groups is 1. The van der Waals surface area contributed by atoms with Gasteiger partial charge in [0.05, 0.1) is 0 Å². The van der Waals surface area contributed by atoms with E-state index in [2.05, 4.69) is 31.2 Å². The minimum Gasteiger partial charge on any atom is -0.339 e. The van der Waals surface area contributed by atoms with Crippen molar-refractivity contribution in [3.63, 3.8) is 0 Å². The normalized spacial score (nSPS) is 14.9. The number of benzene rings is 1. The molecule has 0 saturated heterocycles. The highest BCUT2D eigenvalue weighted by Crippen LogP contribution is 2.31. The quantitative estimate of drug-likeness (QED) is 0.750. The summed E-state index contributed by atoms with van der Waals surface area (Å²) in [6, 6.07) is 10.2. The van der Waals surface area contributed by atoms with Crippen LogP contribution >= 0.6 is 0 Å².